The van der Waals surface area contributed by atoms with Crippen molar-refractivity contribution in [1.82, 2.24) is 15.1 Å². The number of nitrogens with zero attached hydrogens (tertiary/aromatic N) is 3. The van der Waals surface area contributed by atoms with Crippen LogP contribution in [0.4, 0.5) is 0 Å². The minimum absolute atomic E-state index is 0. The second-order valence-corrected chi connectivity index (χ2v) is 7.38. The Labute approximate surface area is 157 Å². The monoisotopic (exact) mass is 434 g/mol. The summed E-state index contributed by atoms with van der Waals surface area (Å²) < 4.78 is 6.08. The van der Waals surface area contributed by atoms with Crippen molar-refractivity contribution >= 4 is 29.9 Å². The molecule has 0 amide bonds. The quantitative estimate of drug-likeness (QED) is 0.418. The Kier molecular flexibility index (Phi) is 5.73. The molecule has 0 aromatic heterocycles. The highest BCUT2D eigenvalue weighted by Gasteiger charge is 2.53. The normalized spacial score (nSPS) is 39.7. The Balaban J connectivity index is 0.00000156. The zero-order valence-corrected chi connectivity index (χ0v) is 16.7. The first-order chi connectivity index (χ1) is 10.8. The summed E-state index contributed by atoms with van der Waals surface area (Å²) in [6, 6.07) is 0.684. The summed E-state index contributed by atoms with van der Waals surface area (Å²) in [6.07, 6.45) is 6.28. The van der Waals surface area contributed by atoms with Crippen molar-refractivity contribution in [3.05, 3.63) is 0 Å². The lowest BCUT2D eigenvalue weighted by atomic mass is 9.82. The highest BCUT2D eigenvalue weighted by Crippen LogP contribution is 2.47. The van der Waals surface area contributed by atoms with Crippen molar-refractivity contribution in [1.29, 1.82) is 0 Å². The van der Waals surface area contributed by atoms with Crippen LogP contribution in [0.3, 0.4) is 0 Å². The lowest BCUT2D eigenvalue weighted by molar-refractivity contribution is 0.0766. The van der Waals surface area contributed by atoms with Crippen LogP contribution in [0, 0.1) is 11.8 Å². The van der Waals surface area contributed by atoms with Gasteiger partial charge < -0.3 is 15.0 Å². The Morgan fingerprint density at radius 2 is 1.87 bits per heavy atom. The predicted molar refractivity (Wildman–Crippen MR) is 103 cm³/mol. The van der Waals surface area contributed by atoms with E-state index >= 15 is 0 Å². The lowest BCUT2D eigenvalue weighted by Crippen LogP contribution is -2.46. The van der Waals surface area contributed by atoms with E-state index in [9.17, 15) is 0 Å². The van der Waals surface area contributed by atoms with Crippen LogP contribution in [0.2, 0.25) is 0 Å². The molecule has 5 unspecified atom stereocenters. The van der Waals surface area contributed by atoms with E-state index in [4.69, 9.17) is 4.74 Å². The molecule has 4 saturated heterocycles. The highest BCUT2D eigenvalue weighted by atomic mass is 127. The van der Waals surface area contributed by atoms with E-state index in [-0.39, 0.29) is 24.0 Å². The summed E-state index contributed by atoms with van der Waals surface area (Å²) >= 11 is 0. The summed E-state index contributed by atoms with van der Waals surface area (Å²) in [4.78, 5) is 9.62. The minimum Gasteiger partial charge on any atom is -0.374 e. The molecule has 4 aliphatic heterocycles. The molecule has 4 rings (SSSR count). The number of ether oxygens (including phenoxy) is 1. The number of rotatable bonds is 3. The molecule has 132 valence electrons. The van der Waals surface area contributed by atoms with Crippen LogP contribution in [0.15, 0.2) is 4.99 Å². The molecule has 4 fully saturated rings. The summed E-state index contributed by atoms with van der Waals surface area (Å²) in [6.45, 7) is 8.00. The number of nitrogens with one attached hydrogen (secondary N) is 1. The number of guanidine groups is 1. The van der Waals surface area contributed by atoms with Gasteiger partial charge in [-0.2, -0.15) is 0 Å². The molecule has 0 saturated carbocycles. The van der Waals surface area contributed by atoms with Crippen molar-refractivity contribution in [2.24, 2.45) is 16.8 Å². The van der Waals surface area contributed by atoms with Crippen LogP contribution in [-0.2, 0) is 4.74 Å². The zero-order chi connectivity index (χ0) is 15.1. The van der Waals surface area contributed by atoms with Crippen LogP contribution >= 0.6 is 24.0 Å². The number of hydrogen-bond donors (Lipinski definition) is 1. The Morgan fingerprint density at radius 1 is 1.17 bits per heavy atom. The van der Waals surface area contributed by atoms with Crippen LogP contribution in [-0.4, -0.2) is 73.8 Å². The first-order valence-corrected chi connectivity index (χ1v) is 9.15. The highest BCUT2D eigenvalue weighted by molar-refractivity contribution is 14.0. The molecule has 0 aromatic carbocycles. The van der Waals surface area contributed by atoms with E-state index in [1.165, 1.54) is 38.8 Å². The van der Waals surface area contributed by atoms with Gasteiger partial charge >= 0.3 is 0 Å². The van der Waals surface area contributed by atoms with Gasteiger partial charge in [-0.05, 0) is 38.8 Å². The van der Waals surface area contributed by atoms with Crippen molar-refractivity contribution in [2.75, 3.05) is 39.8 Å². The molecular formula is C17H31IN4O. The van der Waals surface area contributed by atoms with E-state index in [2.05, 4.69) is 27.0 Å². The first kappa shape index (κ1) is 17.7. The topological polar surface area (TPSA) is 40.1 Å². The van der Waals surface area contributed by atoms with Crippen molar-refractivity contribution in [3.8, 4) is 0 Å². The lowest BCUT2D eigenvalue weighted by Gasteiger charge is -2.27. The Bertz CT molecular complexity index is 428. The fourth-order valence-corrected chi connectivity index (χ4v) is 5.22. The third-order valence-corrected chi connectivity index (χ3v) is 6.37. The van der Waals surface area contributed by atoms with Crippen LogP contribution in [0.1, 0.15) is 32.6 Å². The van der Waals surface area contributed by atoms with Crippen LogP contribution in [0.5, 0.6) is 0 Å². The fraction of sp³-hybridized carbons (Fsp3) is 0.941. The molecule has 5 atom stereocenters. The minimum atomic E-state index is 0. The molecule has 4 aliphatic rings. The number of halogens is 1. The van der Waals surface area contributed by atoms with Gasteiger partial charge in [-0.15, -0.1) is 24.0 Å². The second-order valence-electron chi connectivity index (χ2n) is 7.38. The van der Waals surface area contributed by atoms with Gasteiger partial charge in [0.25, 0.3) is 0 Å². The summed E-state index contributed by atoms with van der Waals surface area (Å²) in [5, 5.41) is 3.65. The maximum Gasteiger partial charge on any atom is 0.193 e. The second kappa shape index (κ2) is 7.44. The smallest absolute Gasteiger partial charge is 0.193 e. The van der Waals surface area contributed by atoms with Crippen molar-refractivity contribution in [2.45, 2.75) is 50.9 Å². The largest absolute Gasteiger partial charge is 0.374 e. The molecular weight excluding hydrogens is 403 g/mol. The SMILES string of the molecule is CCN1CCCC1CNC(=NC)N1CC2C3CCC(O3)C2C1.I. The molecule has 0 aromatic rings. The van der Waals surface area contributed by atoms with Gasteiger partial charge in [0.2, 0.25) is 0 Å². The van der Waals surface area contributed by atoms with E-state index in [1.54, 1.807) is 0 Å². The van der Waals surface area contributed by atoms with E-state index in [0.717, 1.165) is 37.4 Å². The Morgan fingerprint density at radius 3 is 2.48 bits per heavy atom. The van der Waals surface area contributed by atoms with Gasteiger partial charge in [0, 0.05) is 44.6 Å². The Hall–Kier alpha value is -0.0800. The molecule has 0 radical (unpaired) electrons. The van der Waals surface area contributed by atoms with Gasteiger partial charge in [-0.25, -0.2) is 0 Å². The third kappa shape index (κ3) is 3.23. The van der Waals surface area contributed by atoms with Gasteiger partial charge in [-0.1, -0.05) is 6.92 Å². The molecule has 2 bridgehead atoms. The van der Waals surface area contributed by atoms with Crippen LogP contribution < -0.4 is 5.32 Å². The zero-order valence-electron chi connectivity index (χ0n) is 14.4. The van der Waals surface area contributed by atoms with E-state index in [1.807, 2.05) is 7.05 Å². The predicted octanol–water partition coefficient (Wildman–Crippen LogP) is 1.77. The van der Waals surface area contributed by atoms with Crippen LogP contribution in [0.25, 0.3) is 0 Å². The van der Waals surface area contributed by atoms with E-state index < -0.39 is 0 Å². The van der Waals surface area contributed by atoms with Gasteiger partial charge in [0.05, 0.1) is 12.2 Å². The first-order valence-electron chi connectivity index (χ1n) is 9.15. The number of likely N-dealkylation sites (N-methyl/N-ethyl adjacent to an activating group) is 1. The number of fused-ring (bicyclic) bond motifs is 5. The molecule has 0 spiro atoms. The average molecular weight is 434 g/mol. The summed E-state index contributed by atoms with van der Waals surface area (Å²) in [5.41, 5.74) is 0. The number of hydrogen-bond acceptors (Lipinski definition) is 3. The van der Waals surface area contributed by atoms with Gasteiger partial charge in [0.1, 0.15) is 0 Å². The standard InChI is InChI=1S/C17H30N4O.HI/c1-3-20-8-4-5-12(20)9-19-17(18-2)21-10-13-14(11-21)16-7-6-15(13)22-16;/h12-16H,3-11H2,1-2H3,(H,18,19);1H. The summed E-state index contributed by atoms with van der Waals surface area (Å²) in [7, 11) is 1.92. The average Bonchev–Trinajstić information content (AvgIpc) is 3.29. The molecule has 23 heavy (non-hydrogen) atoms. The molecule has 0 aliphatic carbocycles. The molecule has 4 heterocycles. The molecule has 6 heteroatoms. The summed E-state index contributed by atoms with van der Waals surface area (Å²) in [5.74, 6) is 2.60. The number of aliphatic imine (C=N–C) groups is 1. The van der Waals surface area contributed by atoms with Gasteiger partial charge in [-0.3, -0.25) is 9.89 Å². The maximum absolute atomic E-state index is 6.08. The molecule has 5 nitrogen and oxygen atoms in total. The van der Waals surface area contributed by atoms with Crippen molar-refractivity contribution in [3.63, 3.8) is 0 Å². The number of likely N-dealkylation sites (tertiary alicyclic amines) is 2. The third-order valence-electron chi connectivity index (χ3n) is 6.37. The van der Waals surface area contributed by atoms with E-state index in [0.29, 0.717) is 18.2 Å². The molecule has 1 N–H and O–H groups in total. The van der Waals surface area contributed by atoms with Gasteiger partial charge in [0.15, 0.2) is 5.96 Å². The maximum atomic E-state index is 6.08. The fourth-order valence-electron chi connectivity index (χ4n) is 5.22. The van der Waals surface area contributed by atoms with Crippen molar-refractivity contribution < 1.29 is 4.74 Å².